The zero-order valence-electron chi connectivity index (χ0n) is 19.1. The summed E-state index contributed by atoms with van der Waals surface area (Å²) in [5, 5.41) is 15.9. The molecule has 1 aromatic heterocycles. The molecular formula is C26H22ClN5O2S. The number of hydrogen-bond donors (Lipinski definition) is 1. The van der Waals surface area contributed by atoms with Crippen molar-refractivity contribution in [2.75, 3.05) is 19.0 Å². The van der Waals surface area contributed by atoms with E-state index in [4.69, 9.17) is 16.7 Å². The van der Waals surface area contributed by atoms with Gasteiger partial charge in [-0.3, -0.25) is 0 Å². The van der Waals surface area contributed by atoms with Gasteiger partial charge in [0.05, 0.1) is 4.90 Å². The molecule has 0 radical (unpaired) electrons. The first-order valence-corrected chi connectivity index (χ1v) is 12.5. The SMILES string of the molecule is CN(C)c1ccc(C=Nc2c(C#N)c(-c3ccc(Cl)cc3)cn2-c2ccc(S(N)(=O)=O)cc2)cc1. The Morgan fingerprint density at radius 2 is 1.63 bits per heavy atom. The van der Waals surface area contributed by atoms with Crippen molar-refractivity contribution >= 4 is 39.3 Å². The van der Waals surface area contributed by atoms with Crippen molar-refractivity contribution in [1.82, 2.24) is 4.57 Å². The van der Waals surface area contributed by atoms with E-state index < -0.39 is 10.0 Å². The molecule has 0 fully saturated rings. The van der Waals surface area contributed by atoms with Gasteiger partial charge < -0.3 is 9.47 Å². The van der Waals surface area contributed by atoms with E-state index in [1.54, 1.807) is 41.2 Å². The lowest BCUT2D eigenvalue weighted by Crippen LogP contribution is -2.11. The number of halogens is 1. The number of hydrogen-bond acceptors (Lipinski definition) is 5. The Morgan fingerprint density at radius 1 is 1.00 bits per heavy atom. The van der Waals surface area contributed by atoms with Crippen LogP contribution in [0.15, 0.2) is 88.9 Å². The maximum absolute atomic E-state index is 11.7. The first kappa shape index (κ1) is 24.2. The highest BCUT2D eigenvalue weighted by atomic mass is 35.5. The predicted octanol–water partition coefficient (Wildman–Crippen LogP) is 5.13. The molecule has 2 N–H and O–H groups in total. The minimum Gasteiger partial charge on any atom is -0.378 e. The molecule has 7 nitrogen and oxygen atoms in total. The van der Waals surface area contributed by atoms with Crippen LogP contribution < -0.4 is 10.0 Å². The molecule has 0 saturated heterocycles. The lowest BCUT2D eigenvalue weighted by Gasteiger charge is -2.11. The van der Waals surface area contributed by atoms with E-state index >= 15 is 0 Å². The van der Waals surface area contributed by atoms with Crippen molar-refractivity contribution in [3.63, 3.8) is 0 Å². The van der Waals surface area contributed by atoms with E-state index in [2.05, 4.69) is 11.1 Å². The number of sulfonamides is 1. The Bertz CT molecular complexity index is 1530. The minimum atomic E-state index is -3.83. The third-order valence-corrected chi connectivity index (χ3v) is 6.62. The average Bonchev–Trinajstić information content (AvgIpc) is 3.21. The van der Waals surface area contributed by atoms with Crippen LogP contribution in [0.25, 0.3) is 16.8 Å². The molecule has 0 spiro atoms. The third kappa shape index (κ3) is 5.28. The Labute approximate surface area is 209 Å². The molecule has 1 heterocycles. The molecule has 35 heavy (non-hydrogen) atoms. The van der Waals surface area contributed by atoms with Gasteiger partial charge in [0, 0.05) is 48.5 Å². The van der Waals surface area contributed by atoms with E-state index in [0.29, 0.717) is 27.7 Å². The van der Waals surface area contributed by atoms with Crippen molar-refractivity contribution < 1.29 is 8.42 Å². The number of nitrogens with zero attached hydrogens (tertiary/aromatic N) is 4. The third-order valence-electron chi connectivity index (χ3n) is 5.44. The van der Waals surface area contributed by atoms with Crippen LogP contribution in [0.3, 0.4) is 0 Å². The van der Waals surface area contributed by atoms with Gasteiger partial charge in [-0.25, -0.2) is 18.5 Å². The van der Waals surface area contributed by atoms with Crippen LogP contribution in [-0.2, 0) is 10.0 Å². The van der Waals surface area contributed by atoms with Crippen molar-refractivity contribution in [3.05, 3.63) is 95.1 Å². The first-order chi connectivity index (χ1) is 16.7. The monoisotopic (exact) mass is 503 g/mol. The highest BCUT2D eigenvalue weighted by Crippen LogP contribution is 2.36. The molecule has 0 atom stereocenters. The van der Waals surface area contributed by atoms with E-state index in [0.717, 1.165) is 16.8 Å². The van der Waals surface area contributed by atoms with E-state index in [-0.39, 0.29) is 4.90 Å². The standard InChI is InChI=1S/C26H22ClN5O2S/c1-31(2)21-9-3-18(4-10-21)16-30-26-24(15-28)25(19-5-7-20(27)8-6-19)17-32(26)22-11-13-23(14-12-22)35(29,33)34/h3-14,16-17H,1-2H3,(H2,29,33,34). The highest BCUT2D eigenvalue weighted by molar-refractivity contribution is 7.89. The predicted molar refractivity (Wildman–Crippen MR) is 140 cm³/mol. The Hall–Kier alpha value is -3.90. The summed E-state index contributed by atoms with van der Waals surface area (Å²) in [7, 11) is 0.104. The normalized spacial score (nSPS) is 11.5. The van der Waals surface area contributed by atoms with Crippen molar-refractivity contribution in [3.8, 4) is 22.9 Å². The van der Waals surface area contributed by atoms with Gasteiger partial charge in [-0.15, -0.1) is 0 Å². The Morgan fingerprint density at radius 3 is 2.17 bits per heavy atom. The summed E-state index contributed by atoms with van der Waals surface area (Å²) >= 11 is 6.05. The van der Waals surface area contributed by atoms with Gasteiger partial charge in [-0.05, 0) is 59.7 Å². The quantitative estimate of drug-likeness (QED) is 0.368. The van der Waals surface area contributed by atoms with Gasteiger partial charge in [-0.1, -0.05) is 35.9 Å². The Balaban J connectivity index is 1.85. The molecule has 0 saturated carbocycles. The number of anilines is 1. The molecular weight excluding hydrogens is 482 g/mol. The average molecular weight is 504 g/mol. The second-order valence-corrected chi connectivity index (χ2v) is 10.0. The zero-order valence-corrected chi connectivity index (χ0v) is 20.6. The van der Waals surface area contributed by atoms with Crippen LogP contribution in [0.1, 0.15) is 11.1 Å². The van der Waals surface area contributed by atoms with Gasteiger partial charge in [-0.2, -0.15) is 5.26 Å². The summed E-state index contributed by atoms with van der Waals surface area (Å²) in [6.45, 7) is 0. The van der Waals surface area contributed by atoms with Crippen molar-refractivity contribution in [1.29, 1.82) is 5.26 Å². The molecule has 0 unspecified atom stereocenters. The summed E-state index contributed by atoms with van der Waals surface area (Å²) in [6.07, 6.45) is 3.49. The molecule has 0 amide bonds. The number of primary sulfonamides is 1. The summed E-state index contributed by atoms with van der Waals surface area (Å²) in [4.78, 5) is 6.67. The molecule has 4 aromatic rings. The lowest BCUT2D eigenvalue weighted by molar-refractivity contribution is 0.598. The topological polar surface area (TPSA) is 104 Å². The van der Waals surface area contributed by atoms with E-state index in [1.807, 2.05) is 55.4 Å². The maximum Gasteiger partial charge on any atom is 0.238 e. The smallest absolute Gasteiger partial charge is 0.238 e. The lowest BCUT2D eigenvalue weighted by atomic mass is 10.1. The van der Waals surface area contributed by atoms with Gasteiger partial charge in [0.2, 0.25) is 10.0 Å². The molecule has 9 heteroatoms. The molecule has 0 bridgehead atoms. The van der Waals surface area contributed by atoms with E-state index in [1.165, 1.54) is 12.1 Å². The van der Waals surface area contributed by atoms with E-state index in [9.17, 15) is 13.7 Å². The summed E-state index contributed by atoms with van der Waals surface area (Å²) in [5.74, 6) is 0.414. The van der Waals surface area contributed by atoms with Crippen LogP contribution in [0.5, 0.6) is 0 Å². The van der Waals surface area contributed by atoms with Crippen molar-refractivity contribution in [2.45, 2.75) is 4.90 Å². The molecule has 0 aliphatic rings. The zero-order chi connectivity index (χ0) is 25.2. The van der Waals surface area contributed by atoms with Crippen LogP contribution in [0.2, 0.25) is 5.02 Å². The van der Waals surface area contributed by atoms with Crippen LogP contribution >= 0.6 is 11.6 Å². The number of aromatic nitrogens is 1. The van der Waals surface area contributed by atoms with Gasteiger partial charge in [0.15, 0.2) is 5.82 Å². The molecule has 0 aliphatic heterocycles. The highest BCUT2D eigenvalue weighted by Gasteiger charge is 2.18. The van der Waals surface area contributed by atoms with Crippen molar-refractivity contribution in [2.24, 2.45) is 10.1 Å². The maximum atomic E-state index is 11.7. The van der Waals surface area contributed by atoms with Crippen LogP contribution in [-0.4, -0.2) is 33.3 Å². The van der Waals surface area contributed by atoms with Gasteiger partial charge in [0.1, 0.15) is 11.6 Å². The summed E-state index contributed by atoms with van der Waals surface area (Å²) in [6, 6.07) is 23.4. The largest absolute Gasteiger partial charge is 0.378 e. The molecule has 3 aromatic carbocycles. The van der Waals surface area contributed by atoms with Crippen LogP contribution in [0, 0.1) is 11.3 Å². The fourth-order valence-electron chi connectivity index (χ4n) is 3.57. The fourth-order valence-corrected chi connectivity index (χ4v) is 4.21. The van der Waals surface area contributed by atoms with Gasteiger partial charge in [0.25, 0.3) is 0 Å². The fraction of sp³-hybridized carbons (Fsp3) is 0.0769. The molecule has 176 valence electrons. The Kier molecular flexibility index (Phi) is 6.76. The van der Waals surface area contributed by atoms with Gasteiger partial charge >= 0.3 is 0 Å². The molecule has 0 aliphatic carbocycles. The van der Waals surface area contributed by atoms with Crippen LogP contribution in [0.4, 0.5) is 11.5 Å². The number of rotatable bonds is 6. The number of nitriles is 1. The first-order valence-electron chi connectivity index (χ1n) is 10.5. The molecule has 4 rings (SSSR count). The number of nitrogens with two attached hydrogens (primary N) is 1. The summed E-state index contributed by atoms with van der Waals surface area (Å²) in [5.41, 5.74) is 4.41. The minimum absolute atomic E-state index is 0.00197. The number of benzene rings is 3. The second kappa shape index (κ2) is 9.76. The second-order valence-electron chi connectivity index (χ2n) is 8.01. The summed E-state index contributed by atoms with van der Waals surface area (Å²) < 4.78 is 25.1. The number of aliphatic imine (C=N–C) groups is 1.